The third-order valence-electron chi connectivity index (χ3n) is 6.84. The molecule has 0 bridgehead atoms. The van der Waals surface area contributed by atoms with E-state index >= 15 is 0 Å². The number of ketones is 1. The summed E-state index contributed by atoms with van der Waals surface area (Å²) < 4.78 is 10.6. The number of nitrogens with zero attached hydrogens (tertiary/aromatic N) is 1. The van der Waals surface area contributed by atoms with E-state index < -0.39 is 17.7 Å². The third kappa shape index (κ3) is 8.70. The molecule has 4 aromatic rings. The first kappa shape index (κ1) is 34.1. The number of halogens is 2. The third-order valence-corrected chi connectivity index (χ3v) is 8.49. The number of Topliss-reactive ketones (excluding diaryl/α,β-unsaturated/α-hetero) is 1. The van der Waals surface area contributed by atoms with Gasteiger partial charge in [0.25, 0.3) is 5.91 Å². The zero-order valence-electron chi connectivity index (χ0n) is 24.9. The molecule has 1 atom stereocenters. The van der Waals surface area contributed by atoms with E-state index in [1.165, 1.54) is 26.4 Å². The Morgan fingerprint density at radius 3 is 2.04 bits per heavy atom. The first-order valence-corrected chi connectivity index (χ1v) is 15.7. The maximum Gasteiger partial charge on any atom is 0.256 e. The Kier molecular flexibility index (Phi) is 12.3. The number of anilines is 1. The molecule has 0 saturated heterocycles. The number of thioether (sulfide) groups is 1. The average molecular weight is 675 g/mol. The number of carbonyl (C=O) groups is 3. The Morgan fingerprint density at radius 1 is 0.826 bits per heavy atom. The van der Waals surface area contributed by atoms with E-state index in [9.17, 15) is 19.6 Å². The molecule has 2 amide bonds. The number of carbonyl (C=O) groups excluding carboxylic acids is 3. The van der Waals surface area contributed by atoms with Crippen LogP contribution in [0.15, 0.2) is 108 Å². The van der Waals surface area contributed by atoms with Gasteiger partial charge in [-0.1, -0.05) is 102 Å². The zero-order chi connectivity index (χ0) is 33.1. The Bertz CT molecular complexity index is 1790. The van der Waals surface area contributed by atoms with Gasteiger partial charge in [0.15, 0.2) is 5.78 Å². The number of amides is 2. The topological polar surface area (TPSA) is 118 Å². The molecule has 0 radical (unpaired) electrons. The minimum Gasteiger partial charge on any atom is -0.495 e. The molecule has 8 nitrogen and oxygen atoms in total. The lowest BCUT2D eigenvalue weighted by atomic mass is 9.86. The molecule has 0 aliphatic heterocycles. The Balaban J connectivity index is 1.73. The lowest BCUT2D eigenvalue weighted by Gasteiger charge is -2.21. The van der Waals surface area contributed by atoms with Gasteiger partial charge in [-0.3, -0.25) is 14.4 Å². The van der Waals surface area contributed by atoms with Crippen LogP contribution in [0.3, 0.4) is 0 Å². The van der Waals surface area contributed by atoms with Crippen molar-refractivity contribution in [2.75, 3.05) is 25.3 Å². The summed E-state index contributed by atoms with van der Waals surface area (Å²) in [5.74, 6) is -1.59. The molecular formula is C35H29Cl2N3O5S. The summed E-state index contributed by atoms with van der Waals surface area (Å²) in [4.78, 5) is 40.1. The second-order valence-electron chi connectivity index (χ2n) is 9.77. The summed E-state index contributed by atoms with van der Waals surface area (Å²) in [5, 5.41) is 16.9. The van der Waals surface area contributed by atoms with E-state index in [1.807, 2.05) is 0 Å². The van der Waals surface area contributed by atoms with Gasteiger partial charge in [-0.25, -0.2) is 0 Å². The first-order valence-electron chi connectivity index (χ1n) is 13.9. The van der Waals surface area contributed by atoms with Crippen LogP contribution in [0.5, 0.6) is 11.5 Å². The first-order chi connectivity index (χ1) is 22.2. The largest absolute Gasteiger partial charge is 0.495 e. The normalized spacial score (nSPS) is 11.8. The number of allylic oxidation sites excluding steroid dienone is 1. The fraction of sp³-hybridized carbons (Fsp3) is 0.143. The molecule has 0 heterocycles. The van der Waals surface area contributed by atoms with Crippen LogP contribution in [-0.2, 0) is 4.79 Å². The van der Waals surface area contributed by atoms with E-state index in [0.29, 0.717) is 43.9 Å². The molecular weight excluding hydrogens is 645 g/mol. The van der Waals surface area contributed by atoms with Gasteiger partial charge in [0.2, 0.25) is 5.91 Å². The molecule has 0 fully saturated rings. The maximum atomic E-state index is 13.5. The lowest BCUT2D eigenvalue weighted by Crippen LogP contribution is -2.26. The van der Waals surface area contributed by atoms with Crippen molar-refractivity contribution in [3.8, 4) is 17.6 Å². The smallest absolute Gasteiger partial charge is 0.256 e. The van der Waals surface area contributed by atoms with E-state index in [1.54, 1.807) is 84.9 Å². The summed E-state index contributed by atoms with van der Waals surface area (Å²) in [6, 6.07) is 29.3. The zero-order valence-corrected chi connectivity index (χ0v) is 27.2. The number of hydrogen-bond acceptors (Lipinski definition) is 7. The molecule has 4 rings (SSSR count). The van der Waals surface area contributed by atoms with Crippen LogP contribution in [0.2, 0.25) is 10.0 Å². The number of rotatable bonds is 13. The highest BCUT2D eigenvalue weighted by Crippen LogP contribution is 2.38. The Labute approximate surface area is 281 Å². The molecule has 1 unspecified atom stereocenters. The van der Waals surface area contributed by atoms with Gasteiger partial charge in [-0.2, -0.15) is 5.26 Å². The molecule has 0 aliphatic carbocycles. The molecule has 2 N–H and O–H groups in total. The highest BCUT2D eigenvalue weighted by Gasteiger charge is 2.28. The van der Waals surface area contributed by atoms with Crippen LogP contribution in [-0.4, -0.2) is 37.6 Å². The minimum atomic E-state index is -0.839. The van der Waals surface area contributed by atoms with Crippen molar-refractivity contribution in [1.82, 2.24) is 5.32 Å². The van der Waals surface area contributed by atoms with Gasteiger partial charge in [0.05, 0.1) is 47.4 Å². The van der Waals surface area contributed by atoms with Crippen molar-refractivity contribution >= 4 is 58.2 Å². The van der Waals surface area contributed by atoms with Gasteiger partial charge in [-0.05, 0) is 23.8 Å². The van der Waals surface area contributed by atoms with Gasteiger partial charge >= 0.3 is 0 Å². The highest BCUT2D eigenvalue weighted by atomic mass is 35.5. The van der Waals surface area contributed by atoms with Crippen LogP contribution in [0.4, 0.5) is 5.69 Å². The number of ether oxygens (including phenoxy) is 2. The molecule has 0 aliphatic rings. The van der Waals surface area contributed by atoms with Gasteiger partial charge < -0.3 is 20.1 Å². The number of hydrogen-bond donors (Lipinski definition) is 2. The van der Waals surface area contributed by atoms with Crippen molar-refractivity contribution in [3.05, 3.63) is 134 Å². The van der Waals surface area contributed by atoms with Crippen LogP contribution in [0, 0.1) is 11.3 Å². The fourth-order valence-corrected chi connectivity index (χ4v) is 5.92. The van der Waals surface area contributed by atoms with Crippen molar-refractivity contribution in [1.29, 1.82) is 5.26 Å². The van der Waals surface area contributed by atoms with Crippen LogP contribution < -0.4 is 20.1 Å². The number of nitriles is 1. The minimum absolute atomic E-state index is 0.0743. The summed E-state index contributed by atoms with van der Waals surface area (Å²) in [7, 11) is 2.89. The quantitative estimate of drug-likeness (QED) is 0.109. The van der Waals surface area contributed by atoms with E-state index in [4.69, 9.17) is 32.7 Å². The number of methoxy groups -OCH3 is 2. The fourth-order valence-electron chi connectivity index (χ4n) is 4.57. The Hall–Kier alpha value is -4.75. The van der Waals surface area contributed by atoms with E-state index in [2.05, 4.69) is 16.7 Å². The molecule has 46 heavy (non-hydrogen) atoms. The van der Waals surface area contributed by atoms with Crippen molar-refractivity contribution in [3.63, 3.8) is 0 Å². The van der Waals surface area contributed by atoms with Crippen molar-refractivity contribution in [2.45, 2.75) is 12.3 Å². The molecule has 11 heteroatoms. The predicted molar refractivity (Wildman–Crippen MR) is 182 cm³/mol. The lowest BCUT2D eigenvalue weighted by molar-refractivity contribution is -0.113. The van der Waals surface area contributed by atoms with Crippen LogP contribution >= 0.6 is 35.0 Å². The average Bonchev–Trinajstić information content (AvgIpc) is 3.08. The molecule has 0 spiro atoms. The number of nitrogens with one attached hydrogen (secondary N) is 2. The van der Waals surface area contributed by atoms with Gasteiger partial charge in [0, 0.05) is 40.6 Å². The molecule has 234 valence electrons. The van der Waals surface area contributed by atoms with Crippen molar-refractivity contribution in [2.24, 2.45) is 0 Å². The van der Waals surface area contributed by atoms with Gasteiger partial charge in [-0.15, -0.1) is 0 Å². The van der Waals surface area contributed by atoms with E-state index in [-0.39, 0.29) is 28.6 Å². The highest BCUT2D eigenvalue weighted by molar-refractivity contribution is 8.03. The standard InChI is InChI=1S/C35H29Cl2N3O5S/c1-44-31-19-29(32(45-2)18-28(31)37)39-33(42)21-46-35(40-34(43)23-13-7-4-8-14-23)26(20-38)25(24-15-9-10-16-27(24)36)17-30(41)22-11-5-3-6-12-22/h3-16,18-19,25H,17,21H2,1-2H3,(H,39,42)(H,40,43)/b35-26+. The monoisotopic (exact) mass is 673 g/mol. The van der Waals surface area contributed by atoms with E-state index in [0.717, 1.165) is 11.8 Å². The van der Waals surface area contributed by atoms with Crippen LogP contribution in [0.1, 0.15) is 38.6 Å². The summed E-state index contributed by atoms with van der Waals surface area (Å²) >= 11 is 13.8. The number of benzene rings is 4. The summed E-state index contributed by atoms with van der Waals surface area (Å²) in [5.41, 5.74) is 1.72. The maximum absolute atomic E-state index is 13.5. The van der Waals surface area contributed by atoms with Crippen molar-refractivity contribution < 1.29 is 23.9 Å². The molecule has 4 aromatic carbocycles. The molecule has 0 saturated carbocycles. The summed E-state index contributed by atoms with van der Waals surface area (Å²) in [6.07, 6.45) is -0.115. The second-order valence-corrected chi connectivity index (χ2v) is 11.6. The second kappa shape index (κ2) is 16.5. The Morgan fingerprint density at radius 2 is 1.43 bits per heavy atom. The predicted octanol–water partition coefficient (Wildman–Crippen LogP) is 7.90. The van der Waals surface area contributed by atoms with Crippen LogP contribution in [0.25, 0.3) is 0 Å². The van der Waals surface area contributed by atoms with Gasteiger partial charge in [0.1, 0.15) is 11.5 Å². The SMILES string of the molecule is COc1cc(NC(=O)CS/C(NC(=O)c2ccccc2)=C(\C#N)C(CC(=O)c2ccccc2)c2ccccc2Cl)c(OC)cc1Cl. The summed E-state index contributed by atoms with van der Waals surface area (Å²) in [6.45, 7) is 0. The molecule has 0 aromatic heterocycles.